The third kappa shape index (κ3) is 5.15. The zero-order valence-corrected chi connectivity index (χ0v) is 14.8. The largest absolute Gasteiger partial charge is 0.478 e. The monoisotopic (exact) mass is 381 g/mol. The molecule has 0 radical (unpaired) electrons. The third-order valence-corrected chi connectivity index (χ3v) is 4.90. The highest BCUT2D eigenvalue weighted by molar-refractivity contribution is 7.89. The normalized spacial score (nSPS) is 11.3. The highest BCUT2D eigenvalue weighted by Gasteiger charge is 2.18. The number of aromatic amines is 1. The lowest BCUT2D eigenvalue weighted by atomic mass is 10.1. The molecule has 1 heterocycles. The number of H-pyrrole nitrogens is 1. The van der Waals surface area contributed by atoms with E-state index >= 15 is 0 Å². The maximum atomic E-state index is 12.1. The van der Waals surface area contributed by atoms with Crippen molar-refractivity contribution >= 4 is 21.9 Å². The molecule has 0 aliphatic heterocycles. The Morgan fingerprint density at radius 3 is 2.54 bits per heavy atom. The summed E-state index contributed by atoms with van der Waals surface area (Å²) in [6.07, 6.45) is 1.23. The van der Waals surface area contributed by atoms with Crippen LogP contribution < -0.4 is 10.0 Å². The second kappa shape index (κ2) is 8.61. The molecule has 1 aromatic heterocycles. The molecule has 10 heteroatoms. The molecular weight excluding hydrogens is 362 g/mol. The number of hydrogen-bond acceptors (Lipinski definition) is 5. The number of methoxy groups -OCH3 is 1. The summed E-state index contributed by atoms with van der Waals surface area (Å²) in [5.74, 6) is -1.51. The van der Waals surface area contributed by atoms with Crippen molar-refractivity contribution in [2.45, 2.75) is 11.4 Å². The minimum absolute atomic E-state index is 0.0513. The molecule has 0 aliphatic carbocycles. The van der Waals surface area contributed by atoms with Crippen molar-refractivity contribution < 1.29 is 27.9 Å². The predicted octanol–water partition coefficient (Wildman–Crippen LogP) is 0.568. The van der Waals surface area contributed by atoms with Crippen LogP contribution in [-0.4, -0.2) is 50.6 Å². The molecule has 0 aliphatic rings. The van der Waals surface area contributed by atoms with Crippen molar-refractivity contribution in [1.29, 1.82) is 0 Å². The first-order valence-corrected chi connectivity index (χ1v) is 9.09. The van der Waals surface area contributed by atoms with Crippen LogP contribution in [0, 0.1) is 0 Å². The van der Waals surface area contributed by atoms with E-state index in [-0.39, 0.29) is 35.8 Å². The Bertz CT molecular complexity index is 874. The van der Waals surface area contributed by atoms with Gasteiger partial charge in [-0.3, -0.25) is 4.79 Å². The van der Waals surface area contributed by atoms with E-state index in [0.29, 0.717) is 5.56 Å². The fourth-order valence-electron chi connectivity index (χ4n) is 2.06. The van der Waals surface area contributed by atoms with Gasteiger partial charge in [-0.05, 0) is 23.8 Å². The van der Waals surface area contributed by atoms with Crippen LogP contribution in [0.25, 0.3) is 0 Å². The standard InChI is InChI=1S/C16H19N3O6S/c1-25-7-6-19-26(23,24)13-8-14(17-10-13)15(20)18-9-11-2-4-12(5-3-11)16(21)22/h2-5,8,10,17,19H,6-7,9H2,1H3,(H,18,20)(H,21,22). The second-order valence-electron chi connectivity index (χ2n) is 5.32. The lowest BCUT2D eigenvalue weighted by Gasteiger charge is -2.05. The van der Waals surface area contributed by atoms with Crippen LogP contribution in [0.15, 0.2) is 41.4 Å². The van der Waals surface area contributed by atoms with Crippen LogP contribution >= 0.6 is 0 Å². The van der Waals surface area contributed by atoms with E-state index in [1.54, 1.807) is 12.1 Å². The molecule has 9 nitrogen and oxygen atoms in total. The van der Waals surface area contributed by atoms with Gasteiger partial charge in [-0.1, -0.05) is 12.1 Å². The molecule has 0 saturated carbocycles. The van der Waals surface area contributed by atoms with Crippen LogP contribution in [-0.2, 0) is 21.3 Å². The molecule has 2 aromatic rings. The predicted molar refractivity (Wildman–Crippen MR) is 92.4 cm³/mol. The molecule has 0 atom stereocenters. The fraction of sp³-hybridized carbons (Fsp3) is 0.250. The van der Waals surface area contributed by atoms with Crippen molar-refractivity contribution in [3.63, 3.8) is 0 Å². The summed E-state index contributed by atoms with van der Waals surface area (Å²) in [6, 6.07) is 7.30. The number of carboxylic acids is 1. The number of carbonyl (C=O) groups excluding carboxylic acids is 1. The molecule has 1 amide bonds. The Morgan fingerprint density at radius 1 is 1.23 bits per heavy atom. The van der Waals surface area contributed by atoms with E-state index in [4.69, 9.17) is 9.84 Å². The van der Waals surface area contributed by atoms with Crippen molar-refractivity contribution in [3.05, 3.63) is 53.3 Å². The smallest absolute Gasteiger partial charge is 0.335 e. The molecule has 0 unspecified atom stereocenters. The summed E-state index contributed by atoms with van der Waals surface area (Å²) in [5, 5.41) is 11.5. The van der Waals surface area contributed by atoms with Gasteiger partial charge < -0.3 is 20.1 Å². The Morgan fingerprint density at radius 2 is 1.92 bits per heavy atom. The minimum Gasteiger partial charge on any atom is -0.478 e. The van der Waals surface area contributed by atoms with E-state index in [1.165, 1.54) is 31.5 Å². The summed E-state index contributed by atoms with van der Waals surface area (Å²) in [7, 11) is -2.26. The van der Waals surface area contributed by atoms with E-state index < -0.39 is 21.9 Å². The summed E-state index contributed by atoms with van der Waals surface area (Å²) in [6.45, 7) is 0.529. The van der Waals surface area contributed by atoms with Crippen LogP contribution in [0.4, 0.5) is 0 Å². The molecule has 140 valence electrons. The number of rotatable bonds is 9. The van der Waals surface area contributed by atoms with E-state index in [2.05, 4.69) is 15.0 Å². The molecule has 0 saturated heterocycles. The Labute approximate surface area is 150 Å². The number of aromatic nitrogens is 1. The van der Waals surface area contributed by atoms with Crippen LogP contribution in [0.2, 0.25) is 0 Å². The van der Waals surface area contributed by atoms with E-state index in [0.717, 1.165) is 0 Å². The Hall–Kier alpha value is -2.69. The van der Waals surface area contributed by atoms with Gasteiger partial charge in [0.1, 0.15) is 10.6 Å². The number of ether oxygens (including phenoxy) is 1. The third-order valence-electron chi connectivity index (χ3n) is 3.46. The van der Waals surface area contributed by atoms with Gasteiger partial charge in [-0.25, -0.2) is 17.9 Å². The summed E-state index contributed by atoms with van der Waals surface area (Å²) in [4.78, 5) is 25.5. The first-order valence-electron chi connectivity index (χ1n) is 7.61. The number of aromatic carboxylic acids is 1. The average molecular weight is 381 g/mol. The summed E-state index contributed by atoms with van der Waals surface area (Å²) < 4.78 is 31.2. The highest BCUT2D eigenvalue weighted by atomic mass is 32.2. The maximum Gasteiger partial charge on any atom is 0.335 e. The second-order valence-corrected chi connectivity index (χ2v) is 7.09. The highest BCUT2D eigenvalue weighted by Crippen LogP contribution is 2.11. The van der Waals surface area contributed by atoms with Crippen molar-refractivity contribution in [1.82, 2.24) is 15.0 Å². The number of amides is 1. The summed E-state index contributed by atoms with van der Waals surface area (Å²) in [5.41, 5.74) is 0.962. The number of carbonyl (C=O) groups is 2. The summed E-state index contributed by atoms with van der Waals surface area (Å²) >= 11 is 0. The molecule has 26 heavy (non-hydrogen) atoms. The van der Waals surface area contributed by atoms with Gasteiger partial charge in [0.15, 0.2) is 0 Å². The lowest BCUT2D eigenvalue weighted by Crippen LogP contribution is -2.27. The van der Waals surface area contributed by atoms with Gasteiger partial charge in [0.05, 0.1) is 12.2 Å². The molecule has 0 bridgehead atoms. The van der Waals surface area contributed by atoms with Crippen molar-refractivity contribution in [2.24, 2.45) is 0 Å². The van der Waals surface area contributed by atoms with Gasteiger partial charge >= 0.3 is 5.97 Å². The Balaban J connectivity index is 1.96. The van der Waals surface area contributed by atoms with Gasteiger partial charge in [-0.2, -0.15) is 0 Å². The van der Waals surface area contributed by atoms with Crippen molar-refractivity contribution in [3.8, 4) is 0 Å². The SMILES string of the molecule is COCCNS(=O)(=O)c1c[nH]c(C(=O)NCc2ccc(C(=O)O)cc2)c1. The molecule has 0 spiro atoms. The number of sulfonamides is 1. The maximum absolute atomic E-state index is 12.1. The first kappa shape index (κ1) is 19.6. The topological polar surface area (TPSA) is 138 Å². The molecule has 2 rings (SSSR count). The molecule has 4 N–H and O–H groups in total. The zero-order valence-electron chi connectivity index (χ0n) is 14.0. The van der Waals surface area contributed by atoms with Crippen LogP contribution in [0.3, 0.4) is 0 Å². The number of nitrogens with one attached hydrogen (secondary N) is 3. The fourth-order valence-corrected chi connectivity index (χ4v) is 3.07. The van der Waals surface area contributed by atoms with Gasteiger partial charge in [0.25, 0.3) is 5.91 Å². The molecule has 1 aromatic carbocycles. The molecule has 0 fully saturated rings. The molecular formula is C16H19N3O6S. The first-order chi connectivity index (χ1) is 12.3. The minimum atomic E-state index is -3.72. The van der Waals surface area contributed by atoms with Gasteiger partial charge in [0, 0.05) is 26.4 Å². The zero-order chi connectivity index (χ0) is 19.2. The van der Waals surface area contributed by atoms with Crippen LogP contribution in [0.5, 0.6) is 0 Å². The van der Waals surface area contributed by atoms with Gasteiger partial charge in [0.2, 0.25) is 10.0 Å². The lowest BCUT2D eigenvalue weighted by molar-refractivity contribution is 0.0696. The van der Waals surface area contributed by atoms with Crippen molar-refractivity contribution in [2.75, 3.05) is 20.3 Å². The number of carboxylic acid groups (broad SMARTS) is 1. The van der Waals surface area contributed by atoms with E-state index in [9.17, 15) is 18.0 Å². The number of benzene rings is 1. The van der Waals surface area contributed by atoms with E-state index in [1.807, 2.05) is 0 Å². The van der Waals surface area contributed by atoms with Crippen LogP contribution in [0.1, 0.15) is 26.4 Å². The average Bonchev–Trinajstić information content (AvgIpc) is 3.11. The quantitative estimate of drug-likeness (QED) is 0.469. The Kier molecular flexibility index (Phi) is 6.50. The number of hydrogen-bond donors (Lipinski definition) is 4. The van der Waals surface area contributed by atoms with Gasteiger partial charge in [-0.15, -0.1) is 0 Å².